The van der Waals surface area contributed by atoms with E-state index in [1.54, 1.807) is 0 Å². The van der Waals surface area contributed by atoms with Gasteiger partial charge in [0, 0.05) is 16.2 Å². The first-order valence-corrected chi connectivity index (χ1v) is 24.3. The van der Waals surface area contributed by atoms with Gasteiger partial charge in [0.1, 0.15) is 73.2 Å². The summed E-state index contributed by atoms with van der Waals surface area (Å²) in [5, 5.41) is 141. The van der Waals surface area contributed by atoms with Crippen molar-refractivity contribution in [1.82, 2.24) is 0 Å². The molecule has 67 heavy (non-hydrogen) atoms. The van der Waals surface area contributed by atoms with Gasteiger partial charge in [-0.05, 0) is 85.0 Å². The molecule has 0 amide bonds. The lowest BCUT2D eigenvalue weighted by molar-refractivity contribution is -0.383. The van der Waals surface area contributed by atoms with E-state index >= 15 is 0 Å². The zero-order valence-corrected chi connectivity index (χ0v) is 39.6. The summed E-state index contributed by atoms with van der Waals surface area (Å²) in [7, 11) is 0. The van der Waals surface area contributed by atoms with Gasteiger partial charge in [0.15, 0.2) is 18.9 Å². The number of fused-ring (bicyclic) bond motifs is 6. The minimum atomic E-state index is -1.89. The molecule has 19 heteroatoms. The van der Waals surface area contributed by atoms with Crippen molar-refractivity contribution in [2.75, 3.05) is 33.0 Å². The Morgan fingerprint density at radius 2 is 1.21 bits per heavy atom. The van der Waals surface area contributed by atoms with Gasteiger partial charge >= 0.3 is 0 Å². The lowest BCUT2D eigenvalue weighted by atomic mass is 9.35. The highest BCUT2D eigenvalue weighted by atomic mass is 16.8. The first-order valence-electron chi connectivity index (χ1n) is 24.3. The zero-order valence-electron chi connectivity index (χ0n) is 39.6. The van der Waals surface area contributed by atoms with Crippen LogP contribution in [0.25, 0.3) is 0 Å². The fraction of sp³-hybridized carbons (Fsp3) is 0.917. The molecule has 3 saturated carbocycles. The van der Waals surface area contributed by atoms with Crippen molar-refractivity contribution in [1.29, 1.82) is 0 Å². The van der Waals surface area contributed by atoms with Crippen LogP contribution in [0.2, 0.25) is 0 Å². The molecule has 8 aliphatic rings. The van der Waals surface area contributed by atoms with E-state index in [4.69, 9.17) is 28.4 Å². The molecule has 13 N–H and O–H groups in total. The van der Waals surface area contributed by atoms with Gasteiger partial charge in [-0.1, -0.05) is 59.3 Å². The Balaban J connectivity index is 1.09. The summed E-state index contributed by atoms with van der Waals surface area (Å²) in [5.41, 5.74) is -0.328. The third-order valence-electron chi connectivity index (χ3n) is 19.0. The van der Waals surface area contributed by atoms with Crippen LogP contribution in [0.1, 0.15) is 92.9 Å². The predicted molar refractivity (Wildman–Crippen MR) is 233 cm³/mol. The van der Waals surface area contributed by atoms with Crippen LogP contribution < -0.4 is 0 Å². The monoisotopic (exact) mass is 959 g/mol. The molecule has 8 rings (SSSR count). The number of hydrogen-bond donors (Lipinski definition) is 13. The van der Waals surface area contributed by atoms with Gasteiger partial charge in [0.05, 0.1) is 45.2 Å². The van der Waals surface area contributed by atoms with E-state index < -0.39 is 140 Å². The summed E-state index contributed by atoms with van der Waals surface area (Å²) in [4.78, 5) is 0. The van der Waals surface area contributed by atoms with Crippen LogP contribution in [0.15, 0.2) is 23.3 Å². The van der Waals surface area contributed by atoms with Crippen molar-refractivity contribution in [2.24, 2.45) is 44.3 Å². The molecule has 0 aromatic heterocycles. The Hall–Kier alpha value is -1.28. The molecule has 0 radical (unpaired) electrons. The molecule has 0 aromatic carbocycles. The summed E-state index contributed by atoms with van der Waals surface area (Å²) in [6, 6.07) is 0. The van der Waals surface area contributed by atoms with Crippen molar-refractivity contribution >= 4 is 0 Å². The van der Waals surface area contributed by atoms with E-state index in [1.807, 2.05) is 6.92 Å². The number of hydrogen-bond acceptors (Lipinski definition) is 19. The summed E-state index contributed by atoms with van der Waals surface area (Å²) < 4.78 is 36.1. The van der Waals surface area contributed by atoms with Crippen molar-refractivity contribution < 1.29 is 94.8 Å². The summed E-state index contributed by atoms with van der Waals surface area (Å²) in [6.07, 6.45) is -16.5. The molecular formula is C48H78O19. The van der Waals surface area contributed by atoms with Gasteiger partial charge in [0.25, 0.3) is 0 Å². The third-order valence-corrected chi connectivity index (χ3v) is 19.0. The standard InChI is InChI=1S/C48H78O19/c1-43(2)13-14-48(21-52)23(15-43)22-7-8-28-44(3)11-10-30(45(4,20-51)27(44)9-12-46(28,5)47(22,6)16-29(48)53)66-42-39(67-41-38(61)35(58)32(55)25(18-50)64-41)36(59)33(56)26(65-42)19-62-40-37(60)34(57)31(54)24(17-49)63-40/h7-8,24-42,49-61H,9-21H2,1-6H3/t24-,25-,26-,27?,28?,29+,30+,31-,32-,33-,34+,35+,36+,37-,38-,39-,40-,41+,42+,44+,45+,46-,47-,48?/m1/s1. The van der Waals surface area contributed by atoms with Crippen molar-refractivity contribution in [3.8, 4) is 0 Å². The molecule has 6 fully saturated rings. The molecule has 19 nitrogen and oxygen atoms in total. The number of ether oxygens (including phenoxy) is 6. The molecule has 0 spiro atoms. The zero-order chi connectivity index (χ0) is 49.0. The van der Waals surface area contributed by atoms with Crippen LogP contribution in [0, 0.1) is 44.3 Å². The van der Waals surface area contributed by atoms with Crippen molar-refractivity contribution in [3.05, 3.63) is 23.3 Å². The van der Waals surface area contributed by atoms with E-state index in [2.05, 4.69) is 46.8 Å². The predicted octanol–water partition coefficient (Wildman–Crippen LogP) is -1.52. The highest BCUT2D eigenvalue weighted by molar-refractivity contribution is 5.47. The fourth-order valence-corrected chi connectivity index (χ4v) is 14.5. The van der Waals surface area contributed by atoms with Crippen molar-refractivity contribution in [2.45, 2.75) is 197 Å². The van der Waals surface area contributed by atoms with Gasteiger partial charge < -0.3 is 94.8 Å². The second-order valence-electron chi connectivity index (χ2n) is 23.1. The Kier molecular flexibility index (Phi) is 14.5. The second kappa shape index (κ2) is 18.6. The number of allylic oxidation sites excluding steroid dienone is 3. The smallest absolute Gasteiger partial charge is 0.187 e. The Morgan fingerprint density at radius 3 is 1.82 bits per heavy atom. The molecular weight excluding hydrogens is 881 g/mol. The average Bonchev–Trinajstić information content (AvgIpc) is 3.29. The van der Waals surface area contributed by atoms with E-state index in [0.29, 0.717) is 25.7 Å². The fourth-order valence-electron chi connectivity index (χ4n) is 14.5. The Morgan fingerprint density at radius 1 is 0.612 bits per heavy atom. The van der Waals surface area contributed by atoms with Crippen LogP contribution in [0.4, 0.5) is 0 Å². The summed E-state index contributed by atoms with van der Waals surface area (Å²) in [6.45, 7) is 10.9. The molecule has 3 aliphatic heterocycles. The molecule has 3 heterocycles. The molecule has 3 saturated heterocycles. The van der Waals surface area contributed by atoms with E-state index in [1.165, 1.54) is 11.1 Å². The average molecular weight is 959 g/mol. The largest absolute Gasteiger partial charge is 0.396 e. The van der Waals surface area contributed by atoms with E-state index in [-0.39, 0.29) is 41.3 Å². The van der Waals surface area contributed by atoms with Crippen LogP contribution in [0.3, 0.4) is 0 Å². The molecule has 0 aromatic rings. The van der Waals surface area contributed by atoms with E-state index in [0.717, 1.165) is 25.7 Å². The maximum atomic E-state index is 12.1. The number of rotatable bonds is 11. The minimum absolute atomic E-state index is 0.0134. The Bertz CT molecular complexity index is 1830. The van der Waals surface area contributed by atoms with Gasteiger partial charge in [-0.25, -0.2) is 0 Å². The van der Waals surface area contributed by atoms with Crippen LogP contribution >= 0.6 is 0 Å². The molecule has 3 unspecified atom stereocenters. The highest BCUT2D eigenvalue weighted by Crippen LogP contribution is 2.74. The van der Waals surface area contributed by atoms with Crippen LogP contribution in [-0.2, 0) is 28.4 Å². The molecule has 384 valence electrons. The minimum Gasteiger partial charge on any atom is -0.396 e. The Labute approximate surface area is 391 Å². The molecule has 24 atom stereocenters. The highest BCUT2D eigenvalue weighted by Gasteiger charge is 2.69. The van der Waals surface area contributed by atoms with Gasteiger partial charge in [-0.2, -0.15) is 0 Å². The molecule has 0 bridgehead atoms. The number of aliphatic hydroxyl groups excluding tert-OH is 13. The van der Waals surface area contributed by atoms with Gasteiger partial charge in [-0.15, -0.1) is 0 Å². The SMILES string of the molecule is CC1(C)CCC2(CO)C(=C3C=CC4[C@@]5(C)CC[C@H](O[C@@H]6O[C@H](CO[C@@H]7O[C@H](CO)[C@@H](O)[C@H](O)[C@H]7O)[C@@H](O)[C@H](O)[C@H]6O[C@@H]6O[C@H](CO)[C@@H](O)[C@H](O)[C@H]6O)[C@@](C)(CO)C5CC[C@@]4(C)[C@]3(C)C[C@@H]2O)C1. The first-order chi connectivity index (χ1) is 31.4. The van der Waals surface area contributed by atoms with Gasteiger partial charge in [-0.3, -0.25) is 0 Å². The maximum Gasteiger partial charge on any atom is 0.187 e. The number of aliphatic hydroxyl groups is 13. The van der Waals surface area contributed by atoms with Crippen molar-refractivity contribution in [3.63, 3.8) is 0 Å². The topological polar surface area (TPSA) is 318 Å². The quantitative estimate of drug-likeness (QED) is 0.105. The van der Waals surface area contributed by atoms with E-state index in [9.17, 15) is 66.4 Å². The summed E-state index contributed by atoms with van der Waals surface area (Å²) in [5.74, 6) is -0.128. The van der Waals surface area contributed by atoms with Crippen LogP contribution in [-0.4, -0.2) is 204 Å². The normalized spacial score (nSPS) is 54.2. The third kappa shape index (κ3) is 8.15. The first kappa shape index (κ1) is 52.1. The van der Waals surface area contributed by atoms with Gasteiger partial charge in [0.2, 0.25) is 0 Å². The lowest BCUT2D eigenvalue weighted by Gasteiger charge is -2.70. The second-order valence-corrected chi connectivity index (χ2v) is 23.1. The molecule has 5 aliphatic carbocycles. The summed E-state index contributed by atoms with van der Waals surface area (Å²) >= 11 is 0. The maximum absolute atomic E-state index is 12.1. The lowest BCUT2D eigenvalue weighted by Crippen LogP contribution is -2.67. The van der Waals surface area contributed by atoms with Crippen LogP contribution in [0.5, 0.6) is 0 Å².